The SMILES string of the molecule is COc1cc(OC)c([S+](c2ccccc2)c2ccccc2)c(OC)c1. The van der Waals surface area contributed by atoms with Gasteiger partial charge in [0.05, 0.1) is 21.3 Å². The van der Waals surface area contributed by atoms with Crippen LogP contribution in [-0.2, 0) is 10.9 Å². The van der Waals surface area contributed by atoms with Crippen LogP contribution in [0, 0.1) is 0 Å². The first kappa shape index (κ1) is 17.2. The lowest BCUT2D eigenvalue weighted by atomic mass is 10.3. The average molecular weight is 353 g/mol. The number of benzene rings is 3. The minimum atomic E-state index is -0.353. The van der Waals surface area contributed by atoms with Crippen LogP contribution in [0.1, 0.15) is 0 Å². The Kier molecular flexibility index (Phi) is 5.51. The van der Waals surface area contributed by atoms with Gasteiger partial charge in [-0.15, -0.1) is 0 Å². The van der Waals surface area contributed by atoms with E-state index in [0.29, 0.717) is 5.75 Å². The molecule has 0 heterocycles. The third kappa shape index (κ3) is 3.59. The summed E-state index contributed by atoms with van der Waals surface area (Å²) >= 11 is 0. The van der Waals surface area contributed by atoms with E-state index in [2.05, 4.69) is 48.5 Å². The van der Waals surface area contributed by atoms with Gasteiger partial charge in [-0.2, -0.15) is 0 Å². The molecule has 0 saturated heterocycles. The van der Waals surface area contributed by atoms with Crippen molar-refractivity contribution in [1.82, 2.24) is 0 Å². The zero-order valence-electron chi connectivity index (χ0n) is 14.6. The molecule has 0 bridgehead atoms. The molecule has 0 unspecified atom stereocenters. The maximum absolute atomic E-state index is 5.70. The van der Waals surface area contributed by atoms with Crippen molar-refractivity contribution in [1.29, 1.82) is 0 Å². The zero-order valence-corrected chi connectivity index (χ0v) is 15.4. The fourth-order valence-corrected chi connectivity index (χ4v) is 4.95. The molecule has 0 atom stereocenters. The van der Waals surface area contributed by atoms with Crippen molar-refractivity contribution >= 4 is 10.9 Å². The van der Waals surface area contributed by atoms with Crippen molar-refractivity contribution in [3.05, 3.63) is 72.8 Å². The molecule has 0 N–H and O–H groups in total. The second kappa shape index (κ2) is 7.99. The lowest BCUT2D eigenvalue weighted by Gasteiger charge is -2.15. The molecule has 0 aliphatic carbocycles. The van der Waals surface area contributed by atoms with Gasteiger partial charge in [0, 0.05) is 12.1 Å². The second-order valence-corrected chi connectivity index (χ2v) is 7.26. The Morgan fingerprint density at radius 1 is 0.600 bits per heavy atom. The van der Waals surface area contributed by atoms with Crippen LogP contribution in [-0.4, -0.2) is 21.3 Å². The molecule has 0 aromatic heterocycles. The number of hydrogen-bond donors (Lipinski definition) is 0. The number of ether oxygens (including phenoxy) is 3. The van der Waals surface area contributed by atoms with Crippen LogP contribution < -0.4 is 14.2 Å². The van der Waals surface area contributed by atoms with Gasteiger partial charge in [-0.1, -0.05) is 36.4 Å². The lowest BCUT2D eigenvalue weighted by Crippen LogP contribution is -2.09. The van der Waals surface area contributed by atoms with E-state index in [0.717, 1.165) is 16.4 Å². The minimum absolute atomic E-state index is 0.353. The van der Waals surface area contributed by atoms with E-state index in [1.54, 1.807) is 21.3 Å². The van der Waals surface area contributed by atoms with E-state index in [4.69, 9.17) is 14.2 Å². The second-order valence-electron chi connectivity index (χ2n) is 5.29. The van der Waals surface area contributed by atoms with Gasteiger partial charge in [0.15, 0.2) is 21.3 Å². The van der Waals surface area contributed by atoms with Gasteiger partial charge in [-0.3, -0.25) is 0 Å². The summed E-state index contributed by atoms with van der Waals surface area (Å²) in [7, 11) is 4.64. The molecule has 3 aromatic rings. The monoisotopic (exact) mass is 353 g/mol. The van der Waals surface area contributed by atoms with Crippen LogP contribution in [0.15, 0.2) is 87.5 Å². The highest BCUT2D eigenvalue weighted by Crippen LogP contribution is 2.44. The topological polar surface area (TPSA) is 27.7 Å². The molecule has 3 rings (SSSR count). The van der Waals surface area contributed by atoms with E-state index in [9.17, 15) is 0 Å². The van der Waals surface area contributed by atoms with Crippen LogP contribution in [0.3, 0.4) is 0 Å². The highest BCUT2D eigenvalue weighted by atomic mass is 32.2. The Balaban J connectivity index is 2.27. The smallest absolute Gasteiger partial charge is 0.250 e. The first-order chi connectivity index (χ1) is 12.3. The maximum Gasteiger partial charge on any atom is 0.250 e. The van der Waals surface area contributed by atoms with Crippen LogP contribution in [0.5, 0.6) is 17.2 Å². The zero-order chi connectivity index (χ0) is 17.6. The van der Waals surface area contributed by atoms with Crippen molar-refractivity contribution in [2.75, 3.05) is 21.3 Å². The number of rotatable bonds is 6. The van der Waals surface area contributed by atoms with Gasteiger partial charge < -0.3 is 14.2 Å². The molecule has 0 amide bonds. The predicted molar refractivity (Wildman–Crippen MR) is 101 cm³/mol. The van der Waals surface area contributed by atoms with Crippen LogP contribution in [0.2, 0.25) is 0 Å². The first-order valence-corrected chi connectivity index (χ1v) is 9.15. The Hall–Kier alpha value is -2.59. The summed E-state index contributed by atoms with van der Waals surface area (Å²) in [5.74, 6) is 2.22. The highest BCUT2D eigenvalue weighted by Gasteiger charge is 2.36. The third-order valence-corrected chi connectivity index (χ3v) is 6.13. The highest BCUT2D eigenvalue weighted by molar-refractivity contribution is 7.97. The third-order valence-electron chi connectivity index (χ3n) is 3.83. The van der Waals surface area contributed by atoms with E-state index in [1.165, 1.54) is 9.79 Å². The molecule has 4 heteroatoms. The van der Waals surface area contributed by atoms with E-state index in [-0.39, 0.29) is 10.9 Å². The molecule has 3 aromatic carbocycles. The fraction of sp³-hybridized carbons (Fsp3) is 0.143. The summed E-state index contributed by atoms with van der Waals surface area (Å²) in [6.45, 7) is 0. The van der Waals surface area contributed by atoms with Crippen molar-refractivity contribution in [3.8, 4) is 17.2 Å². The fourth-order valence-electron chi connectivity index (χ4n) is 2.66. The van der Waals surface area contributed by atoms with Gasteiger partial charge >= 0.3 is 0 Å². The molecule has 25 heavy (non-hydrogen) atoms. The van der Waals surface area contributed by atoms with E-state index >= 15 is 0 Å². The molecule has 128 valence electrons. The van der Waals surface area contributed by atoms with Gasteiger partial charge in [-0.25, -0.2) is 0 Å². The quantitative estimate of drug-likeness (QED) is 0.595. The van der Waals surface area contributed by atoms with Crippen molar-refractivity contribution < 1.29 is 14.2 Å². The van der Waals surface area contributed by atoms with Gasteiger partial charge in [0.25, 0.3) is 0 Å². The summed E-state index contributed by atoms with van der Waals surface area (Å²) in [4.78, 5) is 3.43. The van der Waals surface area contributed by atoms with E-state index < -0.39 is 0 Å². The van der Waals surface area contributed by atoms with Gasteiger partial charge in [0.1, 0.15) is 16.6 Å². The summed E-state index contributed by atoms with van der Waals surface area (Å²) in [5.41, 5.74) is 0. The van der Waals surface area contributed by atoms with Gasteiger partial charge in [-0.05, 0) is 24.3 Å². The normalized spacial score (nSPS) is 10.6. The molecule has 0 spiro atoms. The Bertz CT molecular complexity index is 755. The lowest BCUT2D eigenvalue weighted by molar-refractivity contribution is 0.361. The summed E-state index contributed by atoms with van der Waals surface area (Å²) < 4.78 is 16.8. The minimum Gasteiger partial charge on any atom is -0.496 e. The van der Waals surface area contributed by atoms with Gasteiger partial charge in [0.2, 0.25) is 4.90 Å². The first-order valence-electron chi connectivity index (χ1n) is 7.93. The molecular weight excluding hydrogens is 332 g/mol. The Morgan fingerprint density at radius 2 is 1.04 bits per heavy atom. The number of methoxy groups -OCH3 is 3. The number of hydrogen-bond acceptors (Lipinski definition) is 3. The average Bonchev–Trinajstić information content (AvgIpc) is 2.69. The van der Waals surface area contributed by atoms with Crippen LogP contribution in [0.4, 0.5) is 0 Å². The molecular formula is C21H21O3S+. The Labute approximate surface area is 151 Å². The summed E-state index contributed by atoms with van der Waals surface area (Å²) in [6.07, 6.45) is 0. The standard InChI is InChI=1S/C21H21O3S/c1-22-16-14-19(23-2)21(20(15-16)24-3)25(17-10-6-4-7-11-17)18-12-8-5-9-13-18/h4-15H,1-3H3/q+1. The molecule has 0 fully saturated rings. The molecule has 0 saturated carbocycles. The molecule has 0 aliphatic rings. The van der Waals surface area contributed by atoms with Crippen molar-refractivity contribution in [2.24, 2.45) is 0 Å². The summed E-state index contributed by atoms with van der Waals surface area (Å²) in [5, 5.41) is 0. The Morgan fingerprint density at radius 3 is 1.40 bits per heavy atom. The molecule has 0 radical (unpaired) electrons. The molecule has 3 nitrogen and oxygen atoms in total. The maximum atomic E-state index is 5.70. The van der Waals surface area contributed by atoms with Crippen LogP contribution >= 0.6 is 0 Å². The largest absolute Gasteiger partial charge is 0.496 e. The van der Waals surface area contributed by atoms with E-state index in [1.807, 2.05) is 24.3 Å². The van der Waals surface area contributed by atoms with Crippen LogP contribution in [0.25, 0.3) is 0 Å². The molecule has 0 aliphatic heterocycles. The van der Waals surface area contributed by atoms with Crippen molar-refractivity contribution in [3.63, 3.8) is 0 Å². The summed E-state index contributed by atoms with van der Waals surface area (Å²) in [6, 6.07) is 24.6. The van der Waals surface area contributed by atoms with Crippen molar-refractivity contribution in [2.45, 2.75) is 14.7 Å². The predicted octanol–water partition coefficient (Wildman–Crippen LogP) is 4.81.